The fraction of sp³-hybridized carbons (Fsp3) is 0.750. The molecule has 1 saturated carbocycles. The van der Waals surface area contributed by atoms with Crippen molar-refractivity contribution in [3.8, 4) is 12.3 Å². The van der Waals surface area contributed by atoms with Crippen LogP contribution in [0.4, 0.5) is 0 Å². The fourth-order valence-electron chi connectivity index (χ4n) is 2.58. The molecule has 16 heavy (non-hydrogen) atoms. The lowest BCUT2D eigenvalue weighted by Gasteiger charge is -2.35. The first-order valence-electron chi connectivity index (χ1n) is 5.71. The van der Waals surface area contributed by atoms with Gasteiger partial charge in [-0.3, -0.25) is 10.1 Å². The van der Waals surface area contributed by atoms with E-state index < -0.39 is 5.41 Å². The normalized spacial score (nSPS) is 39.2. The molecule has 0 amide bonds. The van der Waals surface area contributed by atoms with Gasteiger partial charge in [-0.05, 0) is 31.6 Å². The molecule has 2 rings (SSSR count). The number of hydrogen-bond donors (Lipinski definition) is 1. The summed E-state index contributed by atoms with van der Waals surface area (Å²) in [7, 11) is 0. The van der Waals surface area contributed by atoms with Crippen LogP contribution in [0.1, 0.15) is 25.7 Å². The van der Waals surface area contributed by atoms with Gasteiger partial charge in [0.05, 0.1) is 12.0 Å². The molecule has 1 atom stereocenters. The van der Waals surface area contributed by atoms with Gasteiger partial charge in [0.2, 0.25) is 3.79 Å². The third-order valence-corrected chi connectivity index (χ3v) is 4.74. The Morgan fingerprint density at radius 3 is 2.62 bits per heavy atom. The van der Waals surface area contributed by atoms with Gasteiger partial charge in [0.1, 0.15) is 6.23 Å². The van der Waals surface area contributed by atoms with Gasteiger partial charge in [-0.1, -0.05) is 5.92 Å². The molecule has 1 unspecified atom stereocenters. The molecule has 0 aromatic heterocycles. The molecule has 1 N–H and O–H groups in total. The van der Waals surface area contributed by atoms with E-state index >= 15 is 0 Å². The first kappa shape index (κ1) is 12.3. The predicted molar refractivity (Wildman–Crippen MR) is 70.0 cm³/mol. The quantitative estimate of drug-likeness (QED) is 0.475. The molecule has 1 aliphatic heterocycles. The zero-order chi connectivity index (χ0) is 11.6. The lowest BCUT2D eigenvalue weighted by atomic mass is 9.71. The molecule has 1 aliphatic carbocycles. The monoisotopic (exact) mass is 333 g/mol. The van der Waals surface area contributed by atoms with Crippen molar-refractivity contribution >= 4 is 26.4 Å². The number of carbonyl (C=O) groups is 1. The van der Waals surface area contributed by atoms with Crippen LogP contribution in [-0.2, 0) is 9.53 Å². The molecule has 88 valence electrons. The summed E-state index contributed by atoms with van der Waals surface area (Å²) in [6.45, 7) is 1.74. The summed E-state index contributed by atoms with van der Waals surface area (Å²) in [6.07, 6.45) is 9.27. The van der Waals surface area contributed by atoms with E-state index in [0.717, 1.165) is 38.8 Å². The largest absolute Gasteiger partial charge is 0.362 e. The zero-order valence-electron chi connectivity index (χ0n) is 9.17. The summed E-state index contributed by atoms with van der Waals surface area (Å²) in [5.41, 5.74) is -0.504. The van der Waals surface area contributed by atoms with E-state index in [1.807, 2.05) is 22.6 Å². The van der Waals surface area contributed by atoms with Crippen LogP contribution in [0.3, 0.4) is 0 Å². The standard InChI is InChI=1S/C12H16INO2/c1-2-12(11(13)15)5-3-9(4-6-12)10-14-7-8-16-10/h1,9-10,14H,3-8H2. The van der Waals surface area contributed by atoms with Crippen molar-refractivity contribution in [2.45, 2.75) is 31.9 Å². The highest BCUT2D eigenvalue weighted by Crippen LogP contribution is 2.42. The molecule has 0 spiro atoms. The van der Waals surface area contributed by atoms with Crippen molar-refractivity contribution in [2.75, 3.05) is 13.2 Å². The van der Waals surface area contributed by atoms with Crippen molar-refractivity contribution in [2.24, 2.45) is 11.3 Å². The van der Waals surface area contributed by atoms with Crippen molar-refractivity contribution < 1.29 is 9.53 Å². The molecular formula is C12H16INO2. The van der Waals surface area contributed by atoms with Crippen LogP contribution in [-0.4, -0.2) is 23.2 Å². The SMILES string of the molecule is C#CC1(C(=O)I)CCC(C2NCCO2)CC1. The van der Waals surface area contributed by atoms with Gasteiger partial charge in [-0.2, -0.15) is 0 Å². The molecule has 0 aromatic carbocycles. The molecule has 2 fully saturated rings. The number of terminal acetylenes is 1. The fourth-order valence-corrected chi connectivity index (χ4v) is 3.28. The van der Waals surface area contributed by atoms with Crippen LogP contribution in [0.5, 0.6) is 0 Å². The molecule has 4 heteroatoms. The topological polar surface area (TPSA) is 38.3 Å². The minimum atomic E-state index is -0.504. The predicted octanol–water partition coefficient (Wildman–Crippen LogP) is 1.70. The maximum absolute atomic E-state index is 11.6. The Hall–Kier alpha value is -0.120. The molecular weight excluding hydrogens is 317 g/mol. The van der Waals surface area contributed by atoms with E-state index in [0.29, 0.717) is 5.92 Å². The highest BCUT2D eigenvalue weighted by molar-refractivity contribution is 14.1. The minimum absolute atomic E-state index is 0.117. The van der Waals surface area contributed by atoms with Crippen LogP contribution in [0, 0.1) is 23.7 Å². The van der Waals surface area contributed by atoms with Crippen molar-refractivity contribution in [1.82, 2.24) is 5.32 Å². The number of carbonyl (C=O) groups excluding carboxylic acids is 1. The average Bonchev–Trinajstić information content (AvgIpc) is 2.82. The molecule has 0 radical (unpaired) electrons. The van der Waals surface area contributed by atoms with E-state index in [4.69, 9.17) is 11.2 Å². The maximum atomic E-state index is 11.6. The number of hydrogen-bond acceptors (Lipinski definition) is 3. The summed E-state index contributed by atoms with van der Waals surface area (Å²) in [4.78, 5) is 11.6. The van der Waals surface area contributed by atoms with E-state index in [2.05, 4.69) is 11.2 Å². The minimum Gasteiger partial charge on any atom is -0.362 e. The summed E-state index contributed by atoms with van der Waals surface area (Å²) >= 11 is 1.84. The molecule has 2 aliphatic rings. The molecule has 0 bridgehead atoms. The van der Waals surface area contributed by atoms with Gasteiger partial charge >= 0.3 is 0 Å². The Balaban J connectivity index is 1.95. The van der Waals surface area contributed by atoms with Crippen LogP contribution < -0.4 is 5.32 Å². The molecule has 3 nitrogen and oxygen atoms in total. The molecule has 0 aromatic rings. The highest BCUT2D eigenvalue weighted by atomic mass is 127. The van der Waals surface area contributed by atoms with Crippen LogP contribution >= 0.6 is 22.6 Å². The van der Waals surface area contributed by atoms with Gasteiger partial charge in [0.15, 0.2) is 0 Å². The lowest BCUT2D eigenvalue weighted by molar-refractivity contribution is -0.117. The van der Waals surface area contributed by atoms with E-state index in [1.54, 1.807) is 0 Å². The van der Waals surface area contributed by atoms with Crippen molar-refractivity contribution in [1.29, 1.82) is 0 Å². The first-order valence-corrected chi connectivity index (χ1v) is 6.78. The number of halogens is 1. The van der Waals surface area contributed by atoms with Crippen LogP contribution in [0.2, 0.25) is 0 Å². The summed E-state index contributed by atoms with van der Waals surface area (Å²) in [5.74, 6) is 3.22. The van der Waals surface area contributed by atoms with Gasteiger partial charge in [-0.25, -0.2) is 0 Å². The van der Waals surface area contributed by atoms with E-state index in [9.17, 15) is 4.79 Å². The second-order valence-electron chi connectivity index (χ2n) is 4.58. The Bertz CT molecular complexity index is 309. The second-order valence-corrected chi connectivity index (χ2v) is 5.56. The Morgan fingerprint density at radius 2 is 2.19 bits per heavy atom. The number of rotatable bonds is 2. The van der Waals surface area contributed by atoms with Crippen LogP contribution in [0.25, 0.3) is 0 Å². The summed E-state index contributed by atoms with van der Waals surface area (Å²) in [6, 6.07) is 0. The molecule has 1 saturated heterocycles. The van der Waals surface area contributed by atoms with Crippen molar-refractivity contribution in [3.63, 3.8) is 0 Å². The zero-order valence-corrected chi connectivity index (χ0v) is 11.3. The number of ether oxygens (including phenoxy) is 1. The van der Waals surface area contributed by atoms with E-state index in [1.165, 1.54) is 0 Å². The average molecular weight is 333 g/mol. The second kappa shape index (κ2) is 5.03. The van der Waals surface area contributed by atoms with Gasteiger partial charge in [0.25, 0.3) is 0 Å². The first-order chi connectivity index (χ1) is 7.68. The third kappa shape index (κ3) is 2.27. The Kier molecular flexibility index (Phi) is 3.88. The summed E-state index contributed by atoms with van der Waals surface area (Å²) < 4.78 is 5.72. The smallest absolute Gasteiger partial charge is 0.210 e. The van der Waals surface area contributed by atoms with Gasteiger partial charge in [0, 0.05) is 29.1 Å². The van der Waals surface area contributed by atoms with E-state index in [-0.39, 0.29) is 10.0 Å². The maximum Gasteiger partial charge on any atom is 0.210 e. The lowest BCUT2D eigenvalue weighted by Crippen LogP contribution is -2.38. The van der Waals surface area contributed by atoms with Gasteiger partial charge in [-0.15, -0.1) is 6.42 Å². The number of nitrogens with one attached hydrogen (secondary N) is 1. The van der Waals surface area contributed by atoms with Crippen molar-refractivity contribution in [3.05, 3.63) is 0 Å². The summed E-state index contributed by atoms with van der Waals surface area (Å²) in [5, 5.41) is 3.34. The third-order valence-electron chi connectivity index (χ3n) is 3.71. The Labute approximate surface area is 110 Å². The highest BCUT2D eigenvalue weighted by Gasteiger charge is 2.41. The van der Waals surface area contributed by atoms with Crippen LogP contribution in [0.15, 0.2) is 0 Å². The molecule has 1 heterocycles. The van der Waals surface area contributed by atoms with Gasteiger partial charge < -0.3 is 4.74 Å². The Morgan fingerprint density at radius 1 is 1.50 bits per heavy atom.